The van der Waals surface area contributed by atoms with Crippen LogP contribution in [0.25, 0.3) is 0 Å². The first kappa shape index (κ1) is 21.4. The van der Waals surface area contributed by atoms with Crippen LogP contribution < -0.4 is 15.1 Å². The summed E-state index contributed by atoms with van der Waals surface area (Å²) in [6.07, 6.45) is 2.57. The summed E-state index contributed by atoms with van der Waals surface area (Å²) in [6, 6.07) is 9.66. The minimum absolute atomic E-state index is 0.0413. The molecule has 164 valence electrons. The minimum atomic E-state index is -0.290. The van der Waals surface area contributed by atoms with E-state index in [4.69, 9.17) is 16.3 Å². The number of nitrogens with zero attached hydrogens (tertiary/aromatic N) is 3. The number of piperidine rings is 1. The van der Waals surface area contributed by atoms with Gasteiger partial charge in [-0.05, 0) is 45.7 Å². The highest BCUT2D eigenvalue weighted by Crippen LogP contribution is 2.38. The van der Waals surface area contributed by atoms with Crippen molar-refractivity contribution in [1.82, 2.24) is 10.3 Å². The molecule has 1 N–H and O–H groups in total. The van der Waals surface area contributed by atoms with E-state index in [0.717, 1.165) is 24.1 Å². The Morgan fingerprint density at radius 1 is 1.26 bits per heavy atom. The van der Waals surface area contributed by atoms with E-state index in [2.05, 4.69) is 15.2 Å². The molecule has 1 aromatic carbocycles. The van der Waals surface area contributed by atoms with Gasteiger partial charge in [-0.25, -0.2) is 9.78 Å². The van der Waals surface area contributed by atoms with Crippen molar-refractivity contribution in [3.05, 3.63) is 52.7 Å². The maximum absolute atomic E-state index is 12.7. The van der Waals surface area contributed by atoms with Crippen LogP contribution in [0.1, 0.15) is 55.6 Å². The fourth-order valence-electron chi connectivity index (χ4n) is 4.24. The first-order chi connectivity index (χ1) is 14.8. The van der Waals surface area contributed by atoms with Gasteiger partial charge in [0, 0.05) is 36.9 Å². The predicted octanol–water partition coefficient (Wildman–Crippen LogP) is 4.56. The lowest BCUT2D eigenvalue weighted by atomic mass is 9.99. The Hall–Kier alpha value is -2.80. The van der Waals surface area contributed by atoms with Crippen molar-refractivity contribution in [3.63, 3.8) is 0 Å². The molecule has 3 heterocycles. The third kappa shape index (κ3) is 4.32. The molecule has 4 rings (SSSR count). The van der Waals surface area contributed by atoms with Crippen molar-refractivity contribution in [2.24, 2.45) is 0 Å². The highest BCUT2D eigenvalue weighted by atomic mass is 35.5. The first-order valence-electron chi connectivity index (χ1n) is 10.6. The smallest absolute Gasteiger partial charge is 0.415 e. The lowest BCUT2D eigenvalue weighted by molar-refractivity contribution is 0.0942. The average Bonchev–Trinajstić information content (AvgIpc) is 2.74. The van der Waals surface area contributed by atoms with Gasteiger partial charge in [0.15, 0.2) is 0 Å². The van der Waals surface area contributed by atoms with Crippen LogP contribution in [0, 0.1) is 0 Å². The largest absolute Gasteiger partial charge is 0.441 e. The highest BCUT2D eigenvalue weighted by Gasteiger charge is 2.36. The molecule has 2 aliphatic heterocycles. The summed E-state index contributed by atoms with van der Waals surface area (Å²) in [5.74, 6) is 0.475. The van der Waals surface area contributed by atoms with Crippen molar-refractivity contribution in [1.29, 1.82) is 0 Å². The molecule has 8 heteroatoms. The molecule has 1 fully saturated rings. The Balaban J connectivity index is 1.46. The molecule has 2 aromatic rings. The lowest BCUT2D eigenvalue weighted by Crippen LogP contribution is -2.50. The number of rotatable bonds is 4. The predicted molar refractivity (Wildman–Crippen MR) is 121 cm³/mol. The Morgan fingerprint density at radius 2 is 1.97 bits per heavy atom. The van der Waals surface area contributed by atoms with Gasteiger partial charge in [-0.15, -0.1) is 0 Å². The van der Waals surface area contributed by atoms with E-state index in [-0.39, 0.29) is 30.2 Å². The van der Waals surface area contributed by atoms with E-state index in [0.29, 0.717) is 29.5 Å². The van der Waals surface area contributed by atoms with Crippen LogP contribution in [0.5, 0.6) is 0 Å². The van der Waals surface area contributed by atoms with Crippen LogP contribution >= 0.6 is 11.6 Å². The summed E-state index contributed by atoms with van der Waals surface area (Å²) < 4.78 is 5.57. The Bertz CT molecular complexity index is 989. The SMILES string of the molecule is CC(C)NC(=O)c1cnc(N2CCC(N3C(=O)OC(C)c4ccccc43)CC2)c(Cl)c1. The monoisotopic (exact) mass is 442 g/mol. The van der Waals surface area contributed by atoms with Crippen molar-refractivity contribution in [2.75, 3.05) is 22.9 Å². The van der Waals surface area contributed by atoms with Gasteiger partial charge >= 0.3 is 6.09 Å². The fourth-order valence-corrected chi connectivity index (χ4v) is 4.52. The number of anilines is 2. The molecule has 1 aromatic heterocycles. The number of hydrogen-bond donors (Lipinski definition) is 1. The number of aromatic nitrogens is 1. The van der Waals surface area contributed by atoms with E-state index in [1.54, 1.807) is 17.2 Å². The standard InChI is InChI=1S/C23H27ClN4O3/c1-14(2)26-22(29)16-12-19(24)21(25-13-16)27-10-8-17(9-11-27)28-20-7-5-4-6-18(20)15(3)31-23(28)30/h4-7,12-15,17H,8-11H2,1-3H3,(H,26,29). The number of para-hydroxylation sites is 1. The molecule has 1 atom stereocenters. The van der Waals surface area contributed by atoms with E-state index < -0.39 is 0 Å². The topological polar surface area (TPSA) is 74.8 Å². The lowest BCUT2D eigenvalue weighted by Gasteiger charge is -2.41. The van der Waals surface area contributed by atoms with Crippen molar-refractivity contribution < 1.29 is 14.3 Å². The van der Waals surface area contributed by atoms with Crippen LogP contribution in [-0.4, -0.2) is 42.2 Å². The first-order valence-corrected chi connectivity index (χ1v) is 11.0. The number of pyridine rings is 1. The van der Waals surface area contributed by atoms with Crippen LogP contribution in [-0.2, 0) is 4.74 Å². The molecule has 0 bridgehead atoms. The molecule has 0 spiro atoms. The van der Waals surface area contributed by atoms with Gasteiger partial charge in [0.1, 0.15) is 11.9 Å². The van der Waals surface area contributed by atoms with Crippen molar-refractivity contribution >= 4 is 35.1 Å². The van der Waals surface area contributed by atoms with Crippen LogP contribution in [0.2, 0.25) is 5.02 Å². The minimum Gasteiger partial charge on any atom is -0.441 e. The second kappa shape index (κ2) is 8.75. The maximum atomic E-state index is 12.7. The zero-order valence-electron chi connectivity index (χ0n) is 18.0. The molecule has 0 aliphatic carbocycles. The molecule has 2 aliphatic rings. The summed E-state index contributed by atoms with van der Waals surface area (Å²) in [7, 11) is 0. The van der Waals surface area contributed by atoms with Gasteiger partial charge in [-0.1, -0.05) is 29.8 Å². The number of benzene rings is 1. The fraction of sp³-hybridized carbons (Fsp3) is 0.435. The third-order valence-corrected chi connectivity index (χ3v) is 6.02. The number of cyclic esters (lactones) is 1. The molecule has 2 amide bonds. The molecular formula is C23H27ClN4O3. The van der Waals surface area contributed by atoms with Gasteiger partial charge in [-0.3, -0.25) is 9.69 Å². The number of carbonyl (C=O) groups excluding carboxylic acids is 2. The molecule has 1 unspecified atom stereocenters. The van der Waals surface area contributed by atoms with Gasteiger partial charge in [-0.2, -0.15) is 0 Å². The van der Waals surface area contributed by atoms with E-state index in [9.17, 15) is 9.59 Å². The summed E-state index contributed by atoms with van der Waals surface area (Å²) in [5, 5.41) is 3.29. The molecule has 1 saturated heterocycles. The van der Waals surface area contributed by atoms with Crippen molar-refractivity contribution in [3.8, 4) is 0 Å². The third-order valence-electron chi connectivity index (χ3n) is 5.74. The van der Waals surface area contributed by atoms with Gasteiger partial charge in [0.25, 0.3) is 5.91 Å². The number of ether oxygens (including phenoxy) is 1. The molecule has 0 radical (unpaired) electrons. The van der Waals surface area contributed by atoms with Crippen LogP contribution in [0.3, 0.4) is 0 Å². The van der Waals surface area contributed by atoms with Crippen LogP contribution in [0.4, 0.5) is 16.3 Å². The van der Waals surface area contributed by atoms with Gasteiger partial charge < -0.3 is 15.0 Å². The normalized spacial score (nSPS) is 19.3. The second-order valence-corrected chi connectivity index (χ2v) is 8.74. The highest BCUT2D eigenvalue weighted by molar-refractivity contribution is 6.33. The van der Waals surface area contributed by atoms with Crippen molar-refractivity contribution in [2.45, 2.75) is 51.8 Å². The average molecular weight is 443 g/mol. The molecule has 31 heavy (non-hydrogen) atoms. The van der Waals surface area contributed by atoms with Gasteiger partial charge in [0.05, 0.1) is 16.3 Å². The number of amides is 2. The van der Waals surface area contributed by atoms with E-state index >= 15 is 0 Å². The molecule has 7 nitrogen and oxygen atoms in total. The summed E-state index contributed by atoms with van der Waals surface area (Å²) >= 11 is 6.47. The quantitative estimate of drug-likeness (QED) is 0.751. The Morgan fingerprint density at radius 3 is 2.65 bits per heavy atom. The molecule has 0 saturated carbocycles. The zero-order chi connectivity index (χ0) is 22.1. The number of halogens is 1. The Labute approximate surface area is 187 Å². The van der Waals surface area contributed by atoms with E-state index in [1.165, 1.54) is 0 Å². The summed E-state index contributed by atoms with van der Waals surface area (Å²) in [6.45, 7) is 7.12. The number of hydrogen-bond acceptors (Lipinski definition) is 5. The zero-order valence-corrected chi connectivity index (χ0v) is 18.7. The number of fused-ring (bicyclic) bond motifs is 1. The van der Waals surface area contributed by atoms with Crippen LogP contribution in [0.15, 0.2) is 36.5 Å². The summed E-state index contributed by atoms with van der Waals surface area (Å²) in [5.41, 5.74) is 2.41. The number of nitrogens with one attached hydrogen (secondary N) is 1. The molecular weight excluding hydrogens is 416 g/mol. The maximum Gasteiger partial charge on any atom is 0.415 e. The van der Waals surface area contributed by atoms with E-state index in [1.807, 2.05) is 45.0 Å². The summed E-state index contributed by atoms with van der Waals surface area (Å²) in [4.78, 5) is 33.2. The number of carbonyl (C=O) groups is 2. The Kier molecular flexibility index (Phi) is 6.05. The second-order valence-electron chi connectivity index (χ2n) is 8.33. The van der Waals surface area contributed by atoms with Gasteiger partial charge in [0.2, 0.25) is 0 Å².